The summed E-state index contributed by atoms with van der Waals surface area (Å²) < 4.78 is 0. The number of thiophene rings is 1. The molecule has 19 heavy (non-hydrogen) atoms. The molecule has 1 unspecified atom stereocenters. The van der Waals surface area contributed by atoms with Crippen molar-refractivity contribution in [3.05, 3.63) is 56.8 Å². The van der Waals surface area contributed by atoms with Crippen LogP contribution in [0.4, 0.5) is 0 Å². The molecule has 0 bridgehead atoms. The zero-order valence-electron chi connectivity index (χ0n) is 11.7. The molecule has 0 amide bonds. The summed E-state index contributed by atoms with van der Waals surface area (Å²) in [5.74, 6) is 0. The van der Waals surface area contributed by atoms with E-state index in [0.717, 1.165) is 0 Å². The molecule has 0 saturated carbocycles. The molecule has 1 aromatic carbocycles. The van der Waals surface area contributed by atoms with Crippen LogP contribution >= 0.6 is 11.3 Å². The Kier molecular flexibility index (Phi) is 3.72. The van der Waals surface area contributed by atoms with Crippen LogP contribution < -0.4 is 5.32 Å². The first kappa shape index (κ1) is 12.9. The Morgan fingerprint density at radius 1 is 1.11 bits per heavy atom. The maximum atomic E-state index is 3.47. The molecule has 0 saturated heterocycles. The number of fused-ring (bicyclic) bond motifs is 1. The Bertz CT molecular complexity index is 530. The second-order valence-corrected chi connectivity index (χ2v) is 6.60. The van der Waals surface area contributed by atoms with Crippen molar-refractivity contribution in [3.8, 4) is 0 Å². The third kappa shape index (κ3) is 2.60. The zero-order chi connectivity index (χ0) is 13.2. The smallest absolute Gasteiger partial charge is 0.0668 e. The Morgan fingerprint density at radius 2 is 1.84 bits per heavy atom. The van der Waals surface area contributed by atoms with Crippen molar-refractivity contribution in [3.63, 3.8) is 0 Å². The van der Waals surface area contributed by atoms with E-state index in [1.807, 2.05) is 11.3 Å². The summed E-state index contributed by atoms with van der Waals surface area (Å²) in [5, 5.41) is 3.47. The van der Waals surface area contributed by atoms with Crippen LogP contribution in [0.15, 0.2) is 30.3 Å². The van der Waals surface area contributed by atoms with Gasteiger partial charge >= 0.3 is 0 Å². The number of hydrogen-bond donors (Lipinski definition) is 1. The molecule has 1 nitrogen and oxygen atoms in total. The Balaban J connectivity index is 1.93. The van der Waals surface area contributed by atoms with Gasteiger partial charge in [0.05, 0.1) is 6.04 Å². The van der Waals surface area contributed by atoms with E-state index >= 15 is 0 Å². The van der Waals surface area contributed by atoms with Crippen LogP contribution in [0.1, 0.15) is 45.3 Å². The van der Waals surface area contributed by atoms with Crippen molar-refractivity contribution in [2.24, 2.45) is 0 Å². The number of nitrogens with one attached hydrogen (secondary N) is 1. The fraction of sp³-hybridized carbons (Fsp3) is 0.412. The number of hydrogen-bond acceptors (Lipinski definition) is 2. The Hall–Kier alpha value is -1.12. The molecule has 0 spiro atoms. The minimum absolute atomic E-state index is 0.344. The second-order valence-electron chi connectivity index (χ2n) is 5.44. The highest BCUT2D eigenvalue weighted by Crippen LogP contribution is 2.35. The van der Waals surface area contributed by atoms with E-state index in [1.54, 1.807) is 10.4 Å². The van der Waals surface area contributed by atoms with E-state index in [1.165, 1.54) is 41.7 Å². The van der Waals surface area contributed by atoms with Gasteiger partial charge in [-0.15, -0.1) is 11.3 Å². The fourth-order valence-corrected chi connectivity index (χ4v) is 4.28. The van der Waals surface area contributed by atoms with Crippen LogP contribution in [0, 0.1) is 6.92 Å². The van der Waals surface area contributed by atoms with E-state index in [-0.39, 0.29) is 0 Å². The standard InChI is InChI=1S/C17H21NS/c1-12-7-9-13(10-8-12)17(18-2)16-11-14-5-3-4-6-15(14)19-16/h7-11,17-18H,3-6H2,1-2H3. The molecule has 2 aromatic rings. The molecule has 1 aliphatic rings. The molecule has 0 radical (unpaired) electrons. The Morgan fingerprint density at radius 3 is 2.53 bits per heavy atom. The van der Waals surface area contributed by atoms with E-state index in [4.69, 9.17) is 0 Å². The first-order chi connectivity index (χ1) is 9.28. The summed E-state index contributed by atoms with van der Waals surface area (Å²) in [6.07, 6.45) is 5.28. The van der Waals surface area contributed by atoms with Crippen LogP contribution in [0.25, 0.3) is 0 Å². The molecule has 3 rings (SSSR count). The Labute approximate surface area is 119 Å². The highest BCUT2D eigenvalue weighted by molar-refractivity contribution is 7.12. The topological polar surface area (TPSA) is 12.0 Å². The third-order valence-electron chi connectivity index (χ3n) is 4.00. The van der Waals surface area contributed by atoms with Gasteiger partial charge in [-0.25, -0.2) is 0 Å². The third-order valence-corrected chi connectivity index (χ3v) is 5.30. The first-order valence-corrected chi connectivity index (χ1v) is 7.95. The maximum absolute atomic E-state index is 3.47. The lowest BCUT2D eigenvalue weighted by Gasteiger charge is -2.15. The highest BCUT2D eigenvalue weighted by atomic mass is 32.1. The van der Waals surface area contributed by atoms with Gasteiger partial charge in [0.1, 0.15) is 0 Å². The van der Waals surface area contributed by atoms with Gasteiger partial charge in [-0.1, -0.05) is 29.8 Å². The zero-order valence-corrected chi connectivity index (χ0v) is 12.5. The lowest BCUT2D eigenvalue weighted by Crippen LogP contribution is -2.16. The van der Waals surface area contributed by atoms with E-state index in [0.29, 0.717) is 6.04 Å². The van der Waals surface area contributed by atoms with Gasteiger partial charge in [-0.2, -0.15) is 0 Å². The predicted molar refractivity (Wildman–Crippen MR) is 83.0 cm³/mol. The predicted octanol–water partition coefficient (Wildman–Crippen LogP) is 4.24. The SMILES string of the molecule is CNC(c1ccc(C)cc1)c1cc2c(s1)CCCC2. The molecular weight excluding hydrogens is 250 g/mol. The highest BCUT2D eigenvalue weighted by Gasteiger charge is 2.19. The molecule has 0 aliphatic heterocycles. The normalized spacial score (nSPS) is 16.1. The molecule has 1 heterocycles. The van der Waals surface area contributed by atoms with Gasteiger partial charge < -0.3 is 5.32 Å². The molecule has 2 heteroatoms. The van der Waals surface area contributed by atoms with Crippen LogP contribution in [0.3, 0.4) is 0 Å². The summed E-state index contributed by atoms with van der Waals surface area (Å²) >= 11 is 2.00. The van der Waals surface area contributed by atoms with Gasteiger partial charge in [0, 0.05) is 9.75 Å². The van der Waals surface area contributed by atoms with Gasteiger partial charge in [-0.05, 0) is 56.8 Å². The largest absolute Gasteiger partial charge is 0.309 e. The van der Waals surface area contributed by atoms with Crippen molar-refractivity contribution < 1.29 is 0 Å². The van der Waals surface area contributed by atoms with Crippen molar-refractivity contribution >= 4 is 11.3 Å². The fourth-order valence-electron chi connectivity index (χ4n) is 2.89. The summed E-state index contributed by atoms with van der Waals surface area (Å²) in [4.78, 5) is 3.09. The quantitative estimate of drug-likeness (QED) is 0.880. The summed E-state index contributed by atoms with van der Waals surface area (Å²) in [7, 11) is 2.06. The monoisotopic (exact) mass is 271 g/mol. The molecule has 1 N–H and O–H groups in total. The minimum atomic E-state index is 0.344. The van der Waals surface area contributed by atoms with Crippen LogP contribution in [-0.4, -0.2) is 7.05 Å². The molecule has 100 valence electrons. The number of aryl methyl sites for hydroxylation is 3. The van der Waals surface area contributed by atoms with Gasteiger partial charge in [0.25, 0.3) is 0 Å². The summed E-state index contributed by atoms with van der Waals surface area (Å²) in [5.41, 5.74) is 4.29. The minimum Gasteiger partial charge on any atom is -0.309 e. The summed E-state index contributed by atoms with van der Waals surface area (Å²) in [6.45, 7) is 2.14. The van der Waals surface area contributed by atoms with E-state index < -0.39 is 0 Å². The first-order valence-electron chi connectivity index (χ1n) is 7.13. The second kappa shape index (κ2) is 5.48. The van der Waals surface area contributed by atoms with Crippen molar-refractivity contribution in [2.75, 3.05) is 7.05 Å². The summed E-state index contributed by atoms with van der Waals surface area (Å²) in [6, 6.07) is 11.7. The molecular formula is C17H21NS. The lowest BCUT2D eigenvalue weighted by molar-refractivity contribution is 0.691. The van der Waals surface area contributed by atoms with E-state index in [9.17, 15) is 0 Å². The van der Waals surface area contributed by atoms with Crippen LogP contribution in [-0.2, 0) is 12.8 Å². The van der Waals surface area contributed by atoms with Crippen LogP contribution in [0.2, 0.25) is 0 Å². The van der Waals surface area contributed by atoms with Gasteiger partial charge in [-0.3, -0.25) is 0 Å². The molecule has 1 aromatic heterocycles. The van der Waals surface area contributed by atoms with Crippen molar-refractivity contribution in [1.82, 2.24) is 5.32 Å². The van der Waals surface area contributed by atoms with Crippen molar-refractivity contribution in [1.29, 1.82) is 0 Å². The molecule has 0 fully saturated rings. The van der Waals surface area contributed by atoms with E-state index in [2.05, 4.69) is 49.6 Å². The average Bonchev–Trinajstić information content (AvgIpc) is 2.85. The van der Waals surface area contributed by atoms with Crippen molar-refractivity contribution in [2.45, 2.75) is 38.6 Å². The lowest BCUT2D eigenvalue weighted by atomic mass is 9.97. The molecule has 1 atom stereocenters. The van der Waals surface area contributed by atoms with Crippen LogP contribution in [0.5, 0.6) is 0 Å². The average molecular weight is 271 g/mol. The van der Waals surface area contributed by atoms with Gasteiger partial charge in [0.15, 0.2) is 0 Å². The number of benzene rings is 1. The van der Waals surface area contributed by atoms with Gasteiger partial charge in [0.2, 0.25) is 0 Å². The molecule has 1 aliphatic carbocycles. The number of rotatable bonds is 3. The maximum Gasteiger partial charge on any atom is 0.0668 e.